The second kappa shape index (κ2) is 7.31. The molecule has 0 aliphatic rings. The van der Waals surface area contributed by atoms with E-state index in [4.69, 9.17) is 9.47 Å². The predicted octanol–water partition coefficient (Wildman–Crippen LogP) is 2.56. The number of methoxy groups -OCH3 is 2. The molecule has 1 amide bonds. The molecule has 0 unspecified atom stereocenters. The van der Waals surface area contributed by atoms with E-state index in [2.05, 4.69) is 10.5 Å². The highest BCUT2D eigenvalue weighted by Crippen LogP contribution is 2.25. The number of hydrazone groups is 1. The minimum Gasteiger partial charge on any atom is -0.508 e. The van der Waals surface area contributed by atoms with E-state index in [1.807, 2.05) is 6.07 Å². The number of hydrogen-bond acceptors (Lipinski definition) is 5. The second-order valence-corrected chi connectivity index (χ2v) is 4.75. The highest BCUT2D eigenvalue weighted by molar-refractivity contribution is 6.02. The molecule has 23 heavy (non-hydrogen) atoms. The molecular formula is C17H18N2O4. The number of carbonyl (C=O) groups is 1. The third-order valence-corrected chi connectivity index (χ3v) is 3.25. The average Bonchev–Trinajstić information content (AvgIpc) is 2.59. The number of aromatic hydroxyl groups is 1. The lowest BCUT2D eigenvalue weighted by molar-refractivity contribution is 0.0955. The van der Waals surface area contributed by atoms with Gasteiger partial charge in [0.15, 0.2) is 0 Å². The minimum absolute atomic E-state index is 0.101. The van der Waals surface area contributed by atoms with Crippen molar-refractivity contribution in [1.82, 2.24) is 5.43 Å². The number of ether oxygens (including phenoxy) is 2. The van der Waals surface area contributed by atoms with Crippen LogP contribution in [-0.2, 0) is 0 Å². The SMILES string of the molecule is COc1ccc(C(C)=NNC(=O)c2ccc(O)cc2)c(OC)c1. The average molecular weight is 314 g/mol. The van der Waals surface area contributed by atoms with Crippen LogP contribution in [0.3, 0.4) is 0 Å². The molecule has 0 bridgehead atoms. The largest absolute Gasteiger partial charge is 0.508 e. The number of phenolic OH excluding ortho intramolecular Hbond substituents is 1. The lowest BCUT2D eigenvalue weighted by Gasteiger charge is -2.10. The molecule has 6 nitrogen and oxygen atoms in total. The van der Waals surface area contributed by atoms with Crippen LogP contribution in [0.1, 0.15) is 22.8 Å². The number of amides is 1. The molecule has 0 aliphatic heterocycles. The van der Waals surface area contributed by atoms with Crippen molar-refractivity contribution < 1.29 is 19.4 Å². The highest BCUT2D eigenvalue weighted by atomic mass is 16.5. The quantitative estimate of drug-likeness (QED) is 0.656. The van der Waals surface area contributed by atoms with Crippen LogP contribution in [0.2, 0.25) is 0 Å². The van der Waals surface area contributed by atoms with E-state index in [1.165, 1.54) is 24.3 Å². The molecule has 2 N–H and O–H groups in total. The summed E-state index contributed by atoms with van der Waals surface area (Å²) < 4.78 is 10.5. The van der Waals surface area contributed by atoms with Gasteiger partial charge in [-0.15, -0.1) is 0 Å². The van der Waals surface area contributed by atoms with Crippen LogP contribution in [0.4, 0.5) is 0 Å². The number of nitrogens with zero attached hydrogens (tertiary/aromatic N) is 1. The first-order valence-electron chi connectivity index (χ1n) is 6.91. The number of benzene rings is 2. The fraction of sp³-hybridized carbons (Fsp3) is 0.176. The standard InChI is InChI=1S/C17H18N2O4/c1-11(15-9-8-14(22-2)10-16(15)23-3)18-19-17(21)12-4-6-13(20)7-5-12/h4-10,20H,1-3H3,(H,19,21). The molecule has 6 heteroatoms. The first kappa shape index (κ1) is 16.4. The maximum atomic E-state index is 12.0. The van der Waals surface area contributed by atoms with Crippen molar-refractivity contribution in [2.24, 2.45) is 5.10 Å². The van der Waals surface area contributed by atoms with Crippen molar-refractivity contribution >= 4 is 11.6 Å². The summed E-state index contributed by atoms with van der Waals surface area (Å²) in [6.45, 7) is 1.77. The van der Waals surface area contributed by atoms with Crippen molar-refractivity contribution in [3.63, 3.8) is 0 Å². The van der Waals surface area contributed by atoms with Crippen LogP contribution >= 0.6 is 0 Å². The van der Waals surface area contributed by atoms with Gasteiger partial charge in [-0.2, -0.15) is 5.10 Å². The number of phenols is 1. The van der Waals surface area contributed by atoms with Crippen LogP contribution in [0.5, 0.6) is 17.2 Å². The first-order valence-corrected chi connectivity index (χ1v) is 6.91. The molecule has 0 saturated carbocycles. The summed E-state index contributed by atoms with van der Waals surface area (Å²) in [7, 11) is 3.13. The molecule has 0 spiro atoms. The second-order valence-electron chi connectivity index (χ2n) is 4.75. The van der Waals surface area contributed by atoms with Gasteiger partial charge in [-0.25, -0.2) is 5.43 Å². The van der Waals surface area contributed by atoms with Gasteiger partial charge in [-0.3, -0.25) is 4.79 Å². The topological polar surface area (TPSA) is 80.2 Å². The minimum atomic E-state index is -0.364. The smallest absolute Gasteiger partial charge is 0.271 e. The summed E-state index contributed by atoms with van der Waals surface area (Å²) in [5.41, 5.74) is 4.22. The zero-order valence-electron chi connectivity index (χ0n) is 13.2. The Balaban J connectivity index is 2.16. The zero-order chi connectivity index (χ0) is 16.8. The Bertz CT molecular complexity index is 724. The fourth-order valence-electron chi connectivity index (χ4n) is 1.97. The number of carbonyl (C=O) groups excluding carboxylic acids is 1. The third-order valence-electron chi connectivity index (χ3n) is 3.25. The molecule has 0 fully saturated rings. The number of nitrogens with one attached hydrogen (secondary N) is 1. The van der Waals surface area contributed by atoms with E-state index in [1.54, 1.807) is 33.3 Å². The van der Waals surface area contributed by atoms with Gasteiger partial charge in [0.1, 0.15) is 17.2 Å². The van der Waals surface area contributed by atoms with Gasteiger partial charge in [0.25, 0.3) is 5.91 Å². The zero-order valence-corrected chi connectivity index (χ0v) is 13.2. The van der Waals surface area contributed by atoms with Crippen molar-refractivity contribution in [1.29, 1.82) is 0 Å². The molecular weight excluding hydrogens is 296 g/mol. The predicted molar refractivity (Wildman–Crippen MR) is 87.3 cm³/mol. The molecule has 0 heterocycles. The van der Waals surface area contributed by atoms with Gasteiger partial charge in [-0.1, -0.05) is 0 Å². The Morgan fingerprint density at radius 3 is 2.39 bits per heavy atom. The van der Waals surface area contributed by atoms with E-state index >= 15 is 0 Å². The van der Waals surface area contributed by atoms with Gasteiger partial charge >= 0.3 is 0 Å². The van der Waals surface area contributed by atoms with Crippen LogP contribution in [0.15, 0.2) is 47.6 Å². The van der Waals surface area contributed by atoms with Crippen LogP contribution < -0.4 is 14.9 Å². The Kier molecular flexibility index (Phi) is 5.19. The Hall–Kier alpha value is -3.02. The van der Waals surface area contributed by atoms with Gasteiger partial charge in [0.05, 0.1) is 19.9 Å². The van der Waals surface area contributed by atoms with Crippen molar-refractivity contribution in [2.45, 2.75) is 6.92 Å². The van der Waals surface area contributed by atoms with Crippen molar-refractivity contribution in [3.05, 3.63) is 53.6 Å². The lowest BCUT2D eigenvalue weighted by Crippen LogP contribution is -2.19. The summed E-state index contributed by atoms with van der Waals surface area (Å²) >= 11 is 0. The normalized spacial score (nSPS) is 11.0. The lowest BCUT2D eigenvalue weighted by atomic mass is 10.1. The summed E-state index contributed by atoms with van der Waals surface area (Å²) in [5.74, 6) is 1.01. The van der Waals surface area contributed by atoms with E-state index in [0.717, 1.165) is 5.56 Å². The fourth-order valence-corrected chi connectivity index (χ4v) is 1.97. The Morgan fingerprint density at radius 2 is 1.78 bits per heavy atom. The molecule has 0 atom stereocenters. The van der Waals surface area contributed by atoms with Crippen molar-refractivity contribution in [2.75, 3.05) is 14.2 Å². The molecule has 2 rings (SSSR count). The third kappa shape index (κ3) is 4.00. The monoisotopic (exact) mass is 314 g/mol. The molecule has 0 saturated heterocycles. The van der Waals surface area contributed by atoms with Crippen molar-refractivity contribution in [3.8, 4) is 17.2 Å². The van der Waals surface area contributed by atoms with E-state index in [0.29, 0.717) is 22.8 Å². The summed E-state index contributed by atoms with van der Waals surface area (Å²) in [4.78, 5) is 12.0. The summed E-state index contributed by atoms with van der Waals surface area (Å²) in [6.07, 6.45) is 0. The molecule has 2 aromatic carbocycles. The maximum absolute atomic E-state index is 12.0. The number of hydrogen-bond donors (Lipinski definition) is 2. The molecule has 120 valence electrons. The molecule has 0 aliphatic carbocycles. The Labute approximate surface area is 134 Å². The number of rotatable bonds is 5. The van der Waals surface area contributed by atoms with Gasteiger partial charge in [-0.05, 0) is 43.3 Å². The molecule has 2 aromatic rings. The van der Waals surface area contributed by atoms with E-state index < -0.39 is 0 Å². The molecule has 0 radical (unpaired) electrons. The maximum Gasteiger partial charge on any atom is 0.271 e. The van der Waals surface area contributed by atoms with E-state index in [-0.39, 0.29) is 11.7 Å². The van der Waals surface area contributed by atoms with Gasteiger partial charge in [0.2, 0.25) is 0 Å². The van der Waals surface area contributed by atoms with Gasteiger partial charge in [0, 0.05) is 17.2 Å². The highest BCUT2D eigenvalue weighted by Gasteiger charge is 2.09. The van der Waals surface area contributed by atoms with Crippen LogP contribution in [0, 0.1) is 0 Å². The molecule has 0 aromatic heterocycles. The summed E-state index contributed by atoms with van der Waals surface area (Å²) in [6, 6.07) is 11.3. The van der Waals surface area contributed by atoms with Crippen LogP contribution in [-0.4, -0.2) is 30.9 Å². The van der Waals surface area contributed by atoms with Crippen LogP contribution in [0.25, 0.3) is 0 Å². The summed E-state index contributed by atoms with van der Waals surface area (Å²) in [5, 5.41) is 13.3. The Morgan fingerprint density at radius 1 is 1.09 bits per heavy atom. The van der Waals surface area contributed by atoms with E-state index in [9.17, 15) is 9.90 Å². The van der Waals surface area contributed by atoms with Gasteiger partial charge < -0.3 is 14.6 Å². The first-order chi connectivity index (χ1) is 11.0.